The van der Waals surface area contributed by atoms with E-state index in [9.17, 15) is 13.2 Å². The van der Waals surface area contributed by atoms with Gasteiger partial charge < -0.3 is 0 Å². The minimum absolute atomic E-state index is 0.141. The number of hydrogen-bond donors (Lipinski definition) is 2. The van der Waals surface area contributed by atoms with Crippen LogP contribution in [0.15, 0.2) is 22.9 Å². The van der Waals surface area contributed by atoms with Gasteiger partial charge in [0.2, 0.25) is 0 Å². The van der Waals surface area contributed by atoms with Crippen molar-refractivity contribution in [2.75, 3.05) is 23.1 Å². The van der Waals surface area contributed by atoms with Gasteiger partial charge in [-0.3, -0.25) is 0 Å². The number of nitrogen functional groups attached to an aromatic ring is 1. The zero-order valence-corrected chi connectivity index (χ0v) is 14.9. The van der Waals surface area contributed by atoms with E-state index in [0.717, 1.165) is 6.26 Å². The number of nitrogens with two attached hydrogens (primary N) is 1. The van der Waals surface area contributed by atoms with Gasteiger partial charge in [0.1, 0.15) is 0 Å². The van der Waals surface area contributed by atoms with Crippen LogP contribution in [0.25, 0.3) is 12.7 Å². The van der Waals surface area contributed by atoms with Crippen LogP contribution >= 0.6 is 0 Å². The third kappa shape index (κ3) is 4.88. The predicted molar refractivity (Wildman–Crippen MR) is 86.8 cm³/mol. The van der Waals surface area contributed by atoms with E-state index >= 15 is 0 Å². The molecule has 125 valence electrons. The van der Waals surface area contributed by atoms with Gasteiger partial charge in [0, 0.05) is 0 Å². The number of nitrogens with zero attached hydrogens (tertiary/aromatic N) is 2. The molecule has 0 radical (unpaired) electrons. The minimum atomic E-state index is -3.41. The van der Waals surface area contributed by atoms with Crippen LogP contribution in [0.5, 0.6) is 0 Å². The van der Waals surface area contributed by atoms with Crippen LogP contribution < -0.4 is 21.6 Å². The van der Waals surface area contributed by atoms with Gasteiger partial charge in [-0.25, -0.2) is 0 Å². The summed E-state index contributed by atoms with van der Waals surface area (Å²) in [6.45, 7) is 3.78. The zero-order chi connectivity index (χ0) is 17.9. The van der Waals surface area contributed by atoms with Gasteiger partial charge in [-0.15, -0.1) is 0 Å². The Morgan fingerprint density at radius 3 is 2.79 bits per heavy atom. The SMILES string of the molecule is C=c1ncnc(N)c1=C[C](=[V])c1ccc(NC(=O)CS(C)(=O)=O)o1. The molecule has 0 unspecified atom stereocenters. The van der Waals surface area contributed by atoms with Crippen LogP contribution in [-0.2, 0) is 31.6 Å². The fraction of sp³-hybridized carbons (Fsp3) is 0.143. The maximum absolute atomic E-state index is 11.6. The molecule has 0 saturated heterocycles. The molecular formula is C14H14N4O4SV. The maximum atomic E-state index is 11.6. The van der Waals surface area contributed by atoms with E-state index in [0.29, 0.717) is 20.6 Å². The van der Waals surface area contributed by atoms with E-state index in [2.05, 4.69) is 38.8 Å². The first-order valence-electron chi connectivity index (χ1n) is 6.56. The second-order valence-electron chi connectivity index (χ2n) is 4.93. The first-order chi connectivity index (χ1) is 11.2. The molecule has 1 amide bonds. The number of sulfone groups is 1. The van der Waals surface area contributed by atoms with Gasteiger partial charge in [-0.05, 0) is 0 Å². The summed E-state index contributed by atoms with van der Waals surface area (Å²) in [6.07, 6.45) is 3.99. The first-order valence-corrected chi connectivity index (χ1v) is 9.32. The summed E-state index contributed by atoms with van der Waals surface area (Å²) in [6, 6.07) is 3.15. The molecule has 0 saturated carbocycles. The van der Waals surface area contributed by atoms with Gasteiger partial charge >= 0.3 is 147 Å². The van der Waals surface area contributed by atoms with Gasteiger partial charge in [0.25, 0.3) is 0 Å². The predicted octanol–water partition coefficient (Wildman–Crippen LogP) is -1.41. The molecule has 2 aromatic rings. The Morgan fingerprint density at radius 1 is 1.46 bits per heavy atom. The normalized spacial score (nSPS) is 12.1. The molecule has 3 N–H and O–H groups in total. The van der Waals surface area contributed by atoms with E-state index in [1.807, 2.05) is 0 Å². The van der Waals surface area contributed by atoms with E-state index in [1.165, 1.54) is 12.4 Å². The Kier molecular flexibility index (Phi) is 5.38. The Balaban J connectivity index is 2.20. The fourth-order valence-corrected chi connectivity index (χ4v) is 2.70. The standard InChI is InChI=1S/C14H14N4O4S.V/c1-9-11(14(15)17-8-16-9)5-3-10-4-6-13(22-10)18-12(19)7-23(2,20)21;/h4-6,8H,1,7H2,2H3,(H,18,19)(H2,15,16,17);. The molecule has 10 heteroatoms. The van der Waals surface area contributed by atoms with Gasteiger partial charge in [0.05, 0.1) is 0 Å². The van der Waals surface area contributed by atoms with E-state index in [1.54, 1.807) is 12.1 Å². The summed E-state index contributed by atoms with van der Waals surface area (Å²) in [5.74, 6) is -0.409. The number of hydrogen-bond acceptors (Lipinski definition) is 7. The third-order valence-corrected chi connectivity index (χ3v) is 4.12. The molecule has 0 fully saturated rings. The van der Waals surface area contributed by atoms with Crippen molar-refractivity contribution in [1.82, 2.24) is 9.97 Å². The van der Waals surface area contributed by atoms with Crippen molar-refractivity contribution in [3.63, 3.8) is 0 Å². The summed E-state index contributed by atoms with van der Waals surface area (Å²) in [5, 5.41) is 3.41. The average molecular weight is 385 g/mol. The summed E-state index contributed by atoms with van der Waals surface area (Å²) < 4.78 is 28.3. The second-order valence-corrected chi connectivity index (χ2v) is 7.82. The third-order valence-electron chi connectivity index (χ3n) is 2.79. The molecule has 2 aromatic heterocycles. The van der Waals surface area contributed by atoms with E-state index in [4.69, 9.17) is 10.2 Å². The molecule has 8 nitrogen and oxygen atoms in total. The molecule has 24 heavy (non-hydrogen) atoms. The van der Waals surface area contributed by atoms with E-state index in [-0.39, 0.29) is 11.7 Å². The van der Waals surface area contributed by atoms with Crippen LogP contribution in [0.1, 0.15) is 5.76 Å². The quantitative estimate of drug-likeness (QED) is 0.647. The number of aromatic nitrogens is 2. The number of anilines is 2. The first kappa shape index (κ1) is 18.1. The monoisotopic (exact) mass is 385 g/mol. The molecule has 0 aromatic carbocycles. The molecule has 2 rings (SSSR count). The Hall–Kier alpha value is -2.23. The molecule has 0 aliphatic heterocycles. The van der Waals surface area contributed by atoms with Crippen molar-refractivity contribution in [1.29, 1.82) is 0 Å². The summed E-state index contributed by atoms with van der Waals surface area (Å²) in [7, 11) is -3.41. The van der Waals surface area contributed by atoms with Crippen molar-refractivity contribution >= 4 is 44.3 Å². The van der Waals surface area contributed by atoms with Gasteiger partial charge in [-0.2, -0.15) is 0 Å². The van der Waals surface area contributed by atoms with Crippen LogP contribution in [0.4, 0.5) is 11.7 Å². The van der Waals surface area contributed by atoms with Gasteiger partial charge in [-0.1, -0.05) is 0 Å². The fourth-order valence-electron chi connectivity index (χ4n) is 1.77. The Labute approximate surface area is 146 Å². The van der Waals surface area contributed by atoms with Crippen LogP contribution in [0, 0.1) is 0 Å². The van der Waals surface area contributed by atoms with Crippen molar-refractivity contribution in [2.24, 2.45) is 0 Å². The van der Waals surface area contributed by atoms with Crippen LogP contribution in [0.2, 0.25) is 0 Å². The van der Waals surface area contributed by atoms with Crippen LogP contribution in [-0.4, -0.2) is 40.5 Å². The number of rotatable bonds is 5. The number of amides is 1. The number of furan rings is 1. The molecule has 0 aliphatic rings. The molecular weight excluding hydrogens is 371 g/mol. The number of nitrogens with one attached hydrogen (secondary N) is 1. The topological polar surface area (TPSA) is 128 Å². The number of carbonyl (C=O) groups excluding carboxylic acids is 1. The Morgan fingerprint density at radius 2 is 2.17 bits per heavy atom. The summed E-state index contributed by atoms with van der Waals surface area (Å²) in [5.41, 5.74) is 5.79. The van der Waals surface area contributed by atoms with E-state index < -0.39 is 21.5 Å². The molecule has 2 heterocycles. The molecule has 0 spiro atoms. The zero-order valence-electron chi connectivity index (χ0n) is 12.7. The molecule has 0 aliphatic carbocycles. The average Bonchev–Trinajstić information content (AvgIpc) is 2.89. The van der Waals surface area contributed by atoms with Gasteiger partial charge in [0.15, 0.2) is 0 Å². The number of carbonyl (C=O) groups is 1. The Bertz CT molecular complexity index is 1010. The van der Waals surface area contributed by atoms with Crippen molar-refractivity contribution in [3.05, 3.63) is 34.8 Å². The summed E-state index contributed by atoms with van der Waals surface area (Å²) >= 11 is 2.30. The van der Waals surface area contributed by atoms with Crippen molar-refractivity contribution in [2.45, 2.75) is 0 Å². The van der Waals surface area contributed by atoms with Crippen LogP contribution in [0.3, 0.4) is 0 Å². The van der Waals surface area contributed by atoms with Crippen molar-refractivity contribution in [3.8, 4) is 0 Å². The second kappa shape index (κ2) is 7.12. The molecule has 0 bridgehead atoms. The molecule has 0 atom stereocenters. The summed E-state index contributed by atoms with van der Waals surface area (Å²) in [4.78, 5) is 19.4. The van der Waals surface area contributed by atoms with Crippen molar-refractivity contribution < 1.29 is 34.6 Å².